The molecule has 2 atom stereocenters. The van der Waals surface area contributed by atoms with Crippen molar-refractivity contribution in [2.45, 2.75) is 38.5 Å². The monoisotopic (exact) mass is 430 g/mol. The van der Waals surface area contributed by atoms with Gasteiger partial charge in [-0.15, -0.1) is 0 Å². The molecule has 4 rings (SSSR count). The molecule has 162 valence electrons. The van der Waals surface area contributed by atoms with Crippen LogP contribution in [-0.4, -0.2) is 31.6 Å². The molecule has 0 saturated heterocycles. The summed E-state index contributed by atoms with van der Waals surface area (Å²) in [6.07, 6.45) is -0.393. The second-order valence-electron chi connectivity index (χ2n) is 7.93. The van der Waals surface area contributed by atoms with Gasteiger partial charge < -0.3 is 4.74 Å². The second kappa shape index (κ2) is 7.79. The predicted octanol–water partition coefficient (Wildman–Crippen LogP) is 4.74. The highest BCUT2D eigenvalue weighted by atomic mass is 19.4. The molecular weight excluding hydrogens is 409 g/mol. The van der Waals surface area contributed by atoms with Crippen LogP contribution in [-0.2, 0) is 18.0 Å². The number of fused-ring (bicyclic) bond motifs is 1. The molecule has 9 heteroatoms. The number of pyridine rings is 2. The van der Waals surface area contributed by atoms with E-state index < -0.39 is 11.9 Å². The van der Waals surface area contributed by atoms with E-state index in [0.29, 0.717) is 47.3 Å². The number of hydrogen-bond donors (Lipinski definition) is 0. The van der Waals surface area contributed by atoms with Crippen LogP contribution in [0.1, 0.15) is 31.9 Å². The van der Waals surface area contributed by atoms with Crippen molar-refractivity contribution in [3.8, 4) is 17.1 Å². The fourth-order valence-corrected chi connectivity index (χ4v) is 3.82. The lowest BCUT2D eigenvalue weighted by Gasteiger charge is -2.28. The Morgan fingerprint density at radius 3 is 2.71 bits per heavy atom. The molecule has 1 saturated carbocycles. The second-order valence-corrected chi connectivity index (χ2v) is 7.93. The molecule has 0 aromatic carbocycles. The standard InChI is InChI=1S/C22H21F3N4O2/c1-12-6-15(8-16(30)7-12)13(2)31-21-17-11-29(3)28-19(17)9-18(27-21)14-4-5-20(26-10-14)22(23,24)25/h4-5,9-11,13,15H,1,6-8H2,2-3H3/t13-,15+/m1/s1. The number of halogens is 3. The maximum absolute atomic E-state index is 12.8. The van der Waals surface area contributed by atoms with Gasteiger partial charge in [-0.2, -0.15) is 18.3 Å². The van der Waals surface area contributed by atoms with Gasteiger partial charge in [0.2, 0.25) is 5.88 Å². The molecule has 3 aromatic rings. The molecule has 0 bridgehead atoms. The largest absolute Gasteiger partial charge is 0.474 e. The van der Waals surface area contributed by atoms with Crippen LogP contribution < -0.4 is 4.74 Å². The minimum absolute atomic E-state index is 0.0151. The van der Waals surface area contributed by atoms with E-state index >= 15 is 0 Å². The highest BCUT2D eigenvalue weighted by Gasteiger charge is 2.32. The van der Waals surface area contributed by atoms with Crippen molar-refractivity contribution < 1.29 is 22.7 Å². The number of ether oxygens (including phenoxy) is 1. The molecule has 0 N–H and O–H groups in total. The molecule has 0 spiro atoms. The fourth-order valence-electron chi connectivity index (χ4n) is 3.82. The number of aromatic nitrogens is 4. The Bertz CT molecular complexity index is 1140. The molecule has 31 heavy (non-hydrogen) atoms. The highest BCUT2D eigenvalue weighted by molar-refractivity contribution is 5.86. The minimum Gasteiger partial charge on any atom is -0.474 e. The number of Topliss-reactive ketones (excluding diaryl/α,β-unsaturated/α-hetero) is 1. The third-order valence-electron chi connectivity index (χ3n) is 5.38. The number of nitrogens with zero attached hydrogens (tertiary/aromatic N) is 4. The van der Waals surface area contributed by atoms with Gasteiger partial charge in [0.25, 0.3) is 0 Å². The van der Waals surface area contributed by atoms with Crippen LogP contribution in [0, 0.1) is 5.92 Å². The molecular formula is C22H21F3N4O2. The summed E-state index contributed by atoms with van der Waals surface area (Å²) in [6, 6.07) is 3.93. The van der Waals surface area contributed by atoms with Crippen molar-refractivity contribution in [3.05, 3.63) is 48.4 Å². The summed E-state index contributed by atoms with van der Waals surface area (Å²) in [5.41, 5.74) is 1.33. The number of aryl methyl sites for hydroxylation is 1. The summed E-state index contributed by atoms with van der Waals surface area (Å²) < 4.78 is 46.3. The van der Waals surface area contributed by atoms with E-state index in [1.165, 1.54) is 6.07 Å². The van der Waals surface area contributed by atoms with E-state index in [4.69, 9.17) is 4.74 Å². The van der Waals surface area contributed by atoms with E-state index in [0.717, 1.165) is 17.8 Å². The van der Waals surface area contributed by atoms with Gasteiger partial charge in [0, 0.05) is 43.8 Å². The number of carbonyl (C=O) groups is 1. The minimum atomic E-state index is -4.51. The summed E-state index contributed by atoms with van der Waals surface area (Å²) in [7, 11) is 1.76. The van der Waals surface area contributed by atoms with Gasteiger partial charge in [0.1, 0.15) is 17.6 Å². The molecule has 0 radical (unpaired) electrons. The van der Waals surface area contributed by atoms with Gasteiger partial charge in [0.05, 0.1) is 16.6 Å². The Labute approximate surface area is 176 Å². The van der Waals surface area contributed by atoms with Crippen molar-refractivity contribution in [1.82, 2.24) is 19.7 Å². The maximum Gasteiger partial charge on any atom is 0.433 e. The summed E-state index contributed by atoms with van der Waals surface area (Å²) in [5.74, 6) is 0.441. The van der Waals surface area contributed by atoms with Crippen molar-refractivity contribution in [1.29, 1.82) is 0 Å². The van der Waals surface area contributed by atoms with E-state index in [1.807, 2.05) is 6.92 Å². The maximum atomic E-state index is 12.8. The fraction of sp³-hybridized carbons (Fsp3) is 0.364. The predicted molar refractivity (Wildman–Crippen MR) is 108 cm³/mol. The van der Waals surface area contributed by atoms with Crippen LogP contribution >= 0.6 is 0 Å². The number of hydrogen-bond acceptors (Lipinski definition) is 5. The Balaban J connectivity index is 1.68. The summed E-state index contributed by atoms with van der Waals surface area (Å²) >= 11 is 0. The number of ketones is 1. The van der Waals surface area contributed by atoms with Crippen molar-refractivity contribution in [2.75, 3.05) is 0 Å². The van der Waals surface area contributed by atoms with Crippen LogP contribution in [0.5, 0.6) is 5.88 Å². The van der Waals surface area contributed by atoms with E-state index in [-0.39, 0.29) is 17.8 Å². The van der Waals surface area contributed by atoms with Gasteiger partial charge in [-0.25, -0.2) is 4.98 Å². The molecule has 1 aliphatic carbocycles. The van der Waals surface area contributed by atoms with Crippen LogP contribution in [0.4, 0.5) is 13.2 Å². The SMILES string of the molecule is C=C1CC(=O)C[C@@H]([C@@H](C)Oc2nc(-c3ccc(C(F)(F)F)nc3)cc3nn(C)cc23)C1. The van der Waals surface area contributed by atoms with Crippen LogP contribution in [0.15, 0.2) is 42.7 Å². The van der Waals surface area contributed by atoms with Gasteiger partial charge in [-0.1, -0.05) is 12.2 Å². The zero-order valence-electron chi connectivity index (χ0n) is 17.1. The molecule has 1 fully saturated rings. The molecule has 0 unspecified atom stereocenters. The van der Waals surface area contributed by atoms with Crippen LogP contribution in [0.2, 0.25) is 0 Å². The summed E-state index contributed by atoms with van der Waals surface area (Å²) in [6.45, 7) is 5.82. The van der Waals surface area contributed by atoms with Crippen molar-refractivity contribution >= 4 is 16.7 Å². The molecule has 3 heterocycles. The average Bonchev–Trinajstić information content (AvgIpc) is 3.07. The van der Waals surface area contributed by atoms with E-state index in [9.17, 15) is 18.0 Å². The smallest absolute Gasteiger partial charge is 0.433 e. The number of rotatable bonds is 4. The van der Waals surface area contributed by atoms with Crippen molar-refractivity contribution in [2.24, 2.45) is 13.0 Å². The van der Waals surface area contributed by atoms with Crippen molar-refractivity contribution in [3.63, 3.8) is 0 Å². The average molecular weight is 430 g/mol. The summed E-state index contributed by atoms with van der Waals surface area (Å²) in [5, 5.41) is 5.07. The van der Waals surface area contributed by atoms with Crippen LogP contribution in [0.25, 0.3) is 22.2 Å². The lowest BCUT2D eigenvalue weighted by atomic mass is 9.82. The Morgan fingerprint density at radius 1 is 1.29 bits per heavy atom. The quantitative estimate of drug-likeness (QED) is 0.559. The lowest BCUT2D eigenvalue weighted by Crippen LogP contribution is -2.30. The first-order chi connectivity index (χ1) is 14.6. The lowest BCUT2D eigenvalue weighted by molar-refractivity contribution is -0.141. The molecule has 3 aromatic heterocycles. The third kappa shape index (κ3) is 4.45. The van der Waals surface area contributed by atoms with Gasteiger partial charge >= 0.3 is 6.18 Å². The third-order valence-corrected chi connectivity index (χ3v) is 5.38. The normalized spacial score (nSPS) is 18.4. The Hall–Kier alpha value is -3.23. The number of carbonyl (C=O) groups excluding carboxylic acids is 1. The van der Waals surface area contributed by atoms with Gasteiger partial charge in [-0.3, -0.25) is 14.5 Å². The Kier molecular flexibility index (Phi) is 5.28. The number of alkyl halides is 3. The molecule has 0 amide bonds. The topological polar surface area (TPSA) is 69.9 Å². The summed E-state index contributed by atoms with van der Waals surface area (Å²) in [4.78, 5) is 20.0. The van der Waals surface area contributed by atoms with E-state index in [1.54, 1.807) is 24.0 Å². The van der Waals surface area contributed by atoms with Crippen LogP contribution in [0.3, 0.4) is 0 Å². The Morgan fingerprint density at radius 2 is 2.06 bits per heavy atom. The highest BCUT2D eigenvalue weighted by Crippen LogP contribution is 2.34. The zero-order valence-corrected chi connectivity index (χ0v) is 17.1. The first kappa shape index (κ1) is 21.0. The molecule has 6 nitrogen and oxygen atoms in total. The molecule has 0 aliphatic heterocycles. The first-order valence-electron chi connectivity index (χ1n) is 9.83. The molecule has 1 aliphatic rings. The van der Waals surface area contributed by atoms with Gasteiger partial charge in [0.15, 0.2) is 0 Å². The van der Waals surface area contributed by atoms with Gasteiger partial charge in [-0.05, 0) is 31.5 Å². The zero-order chi connectivity index (χ0) is 22.3. The number of allylic oxidation sites excluding steroid dienone is 1. The first-order valence-corrected chi connectivity index (χ1v) is 9.83. The van der Waals surface area contributed by atoms with E-state index in [2.05, 4.69) is 21.6 Å².